The summed E-state index contributed by atoms with van der Waals surface area (Å²) in [5, 5.41) is 3.67. The van der Waals surface area contributed by atoms with Crippen molar-refractivity contribution in [2.75, 3.05) is 24.5 Å². The Kier molecular flexibility index (Phi) is 9.16. The summed E-state index contributed by atoms with van der Waals surface area (Å²) in [5.74, 6) is 0.805. The van der Waals surface area contributed by atoms with Gasteiger partial charge in [-0.05, 0) is 44.2 Å². The van der Waals surface area contributed by atoms with Crippen LogP contribution in [0.4, 0.5) is 5.69 Å². The standard InChI is InChI=1S/C19H34N2/c1-5-6-15-21(19-10-8-7-9-11-19)16-14-20-18(4)13-12-17(2)3/h7-11,17-18,20H,5-6,12-16H2,1-4H3. The first-order chi connectivity index (χ1) is 10.1. The molecule has 1 atom stereocenters. The molecule has 0 saturated heterocycles. The van der Waals surface area contributed by atoms with Crippen LogP contribution in [0.5, 0.6) is 0 Å². The third-order valence-electron chi connectivity index (χ3n) is 3.95. The second-order valence-electron chi connectivity index (χ2n) is 6.50. The molecule has 1 rings (SSSR count). The van der Waals surface area contributed by atoms with E-state index in [1.54, 1.807) is 0 Å². The SMILES string of the molecule is CCCCN(CCNC(C)CCC(C)C)c1ccccc1. The van der Waals surface area contributed by atoms with Crippen LogP contribution in [0, 0.1) is 5.92 Å². The Morgan fingerprint density at radius 3 is 2.33 bits per heavy atom. The lowest BCUT2D eigenvalue weighted by atomic mass is 10.0. The van der Waals surface area contributed by atoms with E-state index in [1.165, 1.54) is 31.4 Å². The molecule has 0 aromatic heterocycles. The molecule has 0 amide bonds. The molecule has 0 fully saturated rings. The van der Waals surface area contributed by atoms with Crippen molar-refractivity contribution in [1.82, 2.24) is 5.32 Å². The van der Waals surface area contributed by atoms with Gasteiger partial charge >= 0.3 is 0 Å². The molecule has 0 saturated carbocycles. The predicted molar refractivity (Wildman–Crippen MR) is 95.1 cm³/mol. The van der Waals surface area contributed by atoms with Crippen LogP contribution < -0.4 is 10.2 Å². The first-order valence-electron chi connectivity index (χ1n) is 8.66. The number of benzene rings is 1. The van der Waals surface area contributed by atoms with Crippen molar-refractivity contribution in [3.63, 3.8) is 0 Å². The van der Waals surface area contributed by atoms with Gasteiger partial charge in [-0.1, -0.05) is 45.4 Å². The average molecular weight is 290 g/mol. The minimum Gasteiger partial charge on any atom is -0.370 e. The molecule has 1 N–H and O–H groups in total. The summed E-state index contributed by atoms with van der Waals surface area (Å²) in [6.45, 7) is 12.5. The number of nitrogens with one attached hydrogen (secondary N) is 1. The van der Waals surface area contributed by atoms with Crippen molar-refractivity contribution in [3.8, 4) is 0 Å². The smallest absolute Gasteiger partial charge is 0.0366 e. The van der Waals surface area contributed by atoms with E-state index < -0.39 is 0 Å². The molecule has 120 valence electrons. The molecule has 0 aliphatic rings. The fraction of sp³-hybridized carbons (Fsp3) is 0.684. The fourth-order valence-electron chi connectivity index (χ4n) is 2.49. The van der Waals surface area contributed by atoms with Gasteiger partial charge in [0.15, 0.2) is 0 Å². The first kappa shape index (κ1) is 18.0. The summed E-state index contributed by atoms with van der Waals surface area (Å²) in [4.78, 5) is 2.51. The molecule has 2 heteroatoms. The Morgan fingerprint density at radius 1 is 1.00 bits per heavy atom. The van der Waals surface area contributed by atoms with E-state index in [0.717, 1.165) is 25.6 Å². The quantitative estimate of drug-likeness (QED) is 0.635. The third kappa shape index (κ3) is 8.11. The lowest BCUT2D eigenvalue weighted by Gasteiger charge is -2.26. The maximum Gasteiger partial charge on any atom is 0.0366 e. The summed E-state index contributed by atoms with van der Waals surface area (Å²) < 4.78 is 0. The minimum absolute atomic E-state index is 0.621. The average Bonchev–Trinajstić information content (AvgIpc) is 2.49. The topological polar surface area (TPSA) is 15.3 Å². The van der Waals surface area contributed by atoms with Crippen LogP contribution in [0.25, 0.3) is 0 Å². The zero-order valence-electron chi connectivity index (χ0n) is 14.4. The molecule has 0 aliphatic carbocycles. The number of para-hydroxylation sites is 1. The van der Waals surface area contributed by atoms with Gasteiger partial charge in [0.25, 0.3) is 0 Å². The number of hydrogen-bond acceptors (Lipinski definition) is 2. The van der Waals surface area contributed by atoms with Gasteiger partial charge in [-0.25, -0.2) is 0 Å². The Bertz CT molecular complexity index is 348. The van der Waals surface area contributed by atoms with Crippen LogP contribution in [0.1, 0.15) is 53.4 Å². The van der Waals surface area contributed by atoms with Crippen LogP contribution in [-0.2, 0) is 0 Å². The molecule has 0 aliphatic heterocycles. The van der Waals surface area contributed by atoms with E-state index in [4.69, 9.17) is 0 Å². The summed E-state index contributed by atoms with van der Waals surface area (Å²) >= 11 is 0. The monoisotopic (exact) mass is 290 g/mol. The molecule has 1 aromatic carbocycles. The van der Waals surface area contributed by atoms with E-state index in [0.29, 0.717) is 6.04 Å². The van der Waals surface area contributed by atoms with Gasteiger partial charge in [-0.15, -0.1) is 0 Å². The zero-order chi connectivity index (χ0) is 15.5. The number of anilines is 1. The molecular weight excluding hydrogens is 256 g/mol. The number of unbranched alkanes of at least 4 members (excludes halogenated alkanes) is 1. The molecule has 2 nitrogen and oxygen atoms in total. The molecule has 0 spiro atoms. The molecule has 1 unspecified atom stereocenters. The Balaban J connectivity index is 2.36. The second-order valence-corrected chi connectivity index (χ2v) is 6.50. The highest BCUT2D eigenvalue weighted by atomic mass is 15.1. The Hall–Kier alpha value is -1.02. The summed E-state index contributed by atoms with van der Waals surface area (Å²) in [6, 6.07) is 11.4. The van der Waals surface area contributed by atoms with E-state index in [2.05, 4.69) is 68.2 Å². The normalized spacial score (nSPS) is 12.6. The van der Waals surface area contributed by atoms with Gasteiger partial charge in [0.2, 0.25) is 0 Å². The van der Waals surface area contributed by atoms with Crippen molar-refractivity contribution < 1.29 is 0 Å². The number of hydrogen-bond donors (Lipinski definition) is 1. The molecule has 0 bridgehead atoms. The van der Waals surface area contributed by atoms with E-state index in [1.807, 2.05) is 0 Å². The highest BCUT2D eigenvalue weighted by Gasteiger charge is 2.07. The van der Waals surface area contributed by atoms with E-state index >= 15 is 0 Å². The Morgan fingerprint density at radius 2 is 1.71 bits per heavy atom. The van der Waals surface area contributed by atoms with Gasteiger partial charge < -0.3 is 10.2 Å². The van der Waals surface area contributed by atoms with Gasteiger partial charge in [-0.3, -0.25) is 0 Å². The maximum absolute atomic E-state index is 3.67. The fourth-order valence-corrected chi connectivity index (χ4v) is 2.49. The van der Waals surface area contributed by atoms with Gasteiger partial charge in [-0.2, -0.15) is 0 Å². The van der Waals surface area contributed by atoms with Crippen LogP contribution in [0.3, 0.4) is 0 Å². The molecule has 1 aromatic rings. The van der Waals surface area contributed by atoms with Crippen LogP contribution in [0.2, 0.25) is 0 Å². The largest absolute Gasteiger partial charge is 0.370 e. The summed E-state index contributed by atoms with van der Waals surface area (Å²) in [7, 11) is 0. The van der Waals surface area contributed by atoms with Gasteiger partial charge in [0.1, 0.15) is 0 Å². The number of nitrogens with zero attached hydrogens (tertiary/aromatic N) is 1. The molecular formula is C19H34N2. The molecule has 0 radical (unpaired) electrons. The Labute approximate surface area is 131 Å². The van der Waals surface area contributed by atoms with Crippen LogP contribution >= 0.6 is 0 Å². The third-order valence-corrected chi connectivity index (χ3v) is 3.95. The molecule has 21 heavy (non-hydrogen) atoms. The summed E-state index contributed by atoms with van der Waals surface area (Å²) in [6.07, 6.45) is 5.10. The van der Waals surface area contributed by atoms with Crippen molar-refractivity contribution >= 4 is 5.69 Å². The number of rotatable bonds is 11. The van der Waals surface area contributed by atoms with Crippen molar-refractivity contribution in [1.29, 1.82) is 0 Å². The van der Waals surface area contributed by atoms with Crippen molar-refractivity contribution in [2.45, 2.75) is 59.4 Å². The van der Waals surface area contributed by atoms with Gasteiger partial charge in [0, 0.05) is 31.4 Å². The van der Waals surface area contributed by atoms with Crippen molar-refractivity contribution in [3.05, 3.63) is 30.3 Å². The highest BCUT2D eigenvalue weighted by molar-refractivity contribution is 5.45. The second kappa shape index (κ2) is 10.7. The lowest BCUT2D eigenvalue weighted by molar-refractivity contribution is 0.452. The van der Waals surface area contributed by atoms with Crippen LogP contribution in [-0.4, -0.2) is 25.7 Å². The van der Waals surface area contributed by atoms with Crippen LogP contribution in [0.15, 0.2) is 30.3 Å². The van der Waals surface area contributed by atoms with E-state index in [9.17, 15) is 0 Å². The predicted octanol–water partition coefficient (Wildman–Crippen LogP) is 4.71. The van der Waals surface area contributed by atoms with Crippen molar-refractivity contribution in [2.24, 2.45) is 5.92 Å². The maximum atomic E-state index is 3.67. The van der Waals surface area contributed by atoms with Gasteiger partial charge in [0.05, 0.1) is 0 Å². The highest BCUT2D eigenvalue weighted by Crippen LogP contribution is 2.13. The first-order valence-corrected chi connectivity index (χ1v) is 8.66. The lowest BCUT2D eigenvalue weighted by Crippen LogP contribution is -2.36. The summed E-state index contributed by atoms with van der Waals surface area (Å²) in [5.41, 5.74) is 1.35. The molecule has 0 heterocycles. The zero-order valence-corrected chi connectivity index (χ0v) is 14.4. The minimum atomic E-state index is 0.621. The van der Waals surface area contributed by atoms with E-state index in [-0.39, 0.29) is 0 Å².